The molecule has 112 valence electrons. The van der Waals surface area contributed by atoms with E-state index in [-0.39, 0.29) is 11.9 Å². The van der Waals surface area contributed by atoms with Gasteiger partial charge in [-0.05, 0) is 56.4 Å². The maximum Gasteiger partial charge on any atom is 0.123 e. The first kappa shape index (κ1) is 14.7. The summed E-state index contributed by atoms with van der Waals surface area (Å²) in [7, 11) is 0. The van der Waals surface area contributed by atoms with Gasteiger partial charge in [0.15, 0.2) is 0 Å². The fraction of sp³-hybridized carbons (Fsp3) is 0.471. The van der Waals surface area contributed by atoms with Crippen molar-refractivity contribution < 1.29 is 4.39 Å². The molecule has 0 aliphatic heterocycles. The van der Waals surface area contributed by atoms with Crippen molar-refractivity contribution >= 4 is 11.3 Å². The molecule has 21 heavy (non-hydrogen) atoms. The number of nitrogens with zero attached hydrogens (tertiary/aromatic N) is 1. The highest BCUT2D eigenvalue weighted by Gasteiger charge is 2.29. The Labute approximate surface area is 129 Å². The van der Waals surface area contributed by atoms with Crippen molar-refractivity contribution in [2.45, 2.75) is 52.1 Å². The third kappa shape index (κ3) is 3.16. The molecule has 0 saturated heterocycles. The summed E-state index contributed by atoms with van der Waals surface area (Å²) in [6.07, 6.45) is 3.41. The van der Waals surface area contributed by atoms with Crippen LogP contribution in [0.5, 0.6) is 0 Å². The number of aromatic nitrogens is 1. The van der Waals surface area contributed by atoms with E-state index in [0.29, 0.717) is 6.04 Å². The van der Waals surface area contributed by atoms with Gasteiger partial charge < -0.3 is 5.32 Å². The minimum absolute atomic E-state index is 0.0853. The lowest BCUT2D eigenvalue weighted by molar-refractivity contribution is 0.588. The molecule has 1 saturated carbocycles. The highest BCUT2D eigenvalue weighted by atomic mass is 32.1. The second kappa shape index (κ2) is 5.85. The fourth-order valence-corrected chi connectivity index (χ4v) is 3.73. The Bertz CT molecular complexity index is 646. The molecule has 1 aromatic carbocycles. The standard InChI is InChI=1S/C17H21FN2S/c1-4-15-11(3)21-17(20-15)16(19-13-6-7-13)14-8-5-12(18)9-10(14)2/h5,8-9,13,16,19H,4,6-7H2,1-3H3. The van der Waals surface area contributed by atoms with Crippen LogP contribution >= 0.6 is 11.3 Å². The molecule has 3 rings (SSSR count). The van der Waals surface area contributed by atoms with Crippen LogP contribution < -0.4 is 5.32 Å². The van der Waals surface area contributed by atoms with Crippen molar-refractivity contribution in [1.29, 1.82) is 0 Å². The molecule has 4 heteroatoms. The van der Waals surface area contributed by atoms with Crippen molar-refractivity contribution in [2.24, 2.45) is 0 Å². The number of halogens is 1. The van der Waals surface area contributed by atoms with Gasteiger partial charge in [-0.15, -0.1) is 11.3 Å². The van der Waals surface area contributed by atoms with Crippen LogP contribution in [0.2, 0.25) is 0 Å². The summed E-state index contributed by atoms with van der Waals surface area (Å²) >= 11 is 1.76. The van der Waals surface area contributed by atoms with Gasteiger partial charge >= 0.3 is 0 Å². The van der Waals surface area contributed by atoms with Crippen LogP contribution in [0.3, 0.4) is 0 Å². The van der Waals surface area contributed by atoms with Crippen LogP contribution in [-0.2, 0) is 6.42 Å². The molecular formula is C17H21FN2S. The minimum atomic E-state index is -0.175. The lowest BCUT2D eigenvalue weighted by atomic mass is 10.0. The largest absolute Gasteiger partial charge is 0.301 e. The first-order chi connectivity index (χ1) is 10.1. The number of aryl methyl sites for hydroxylation is 3. The molecule has 1 unspecified atom stereocenters. The molecule has 1 N–H and O–H groups in total. The van der Waals surface area contributed by atoms with Gasteiger partial charge in [-0.2, -0.15) is 0 Å². The van der Waals surface area contributed by atoms with Gasteiger partial charge in [0.2, 0.25) is 0 Å². The number of nitrogens with one attached hydrogen (secondary N) is 1. The highest BCUT2D eigenvalue weighted by molar-refractivity contribution is 7.11. The van der Waals surface area contributed by atoms with Gasteiger partial charge in [-0.3, -0.25) is 0 Å². The molecule has 2 aromatic rings. The minimum Gasteiger partial charge on any atom is -0.301 e. The lowest BCUT2D eigenvalue weighted by Gasteiger charge is -2.19. The second-order valence-corrected chi connectivity index (χ2v) is 7.02. The third-order valence-electron chi connectivity index (χ3n) is 4.01. The number of thiazole rings is 1. The third-order valence-corrected chi connectivity index (χ3v) is 5.09. The molecule has 0 bridgehead atoms. The van der Waals surface area contributed by atoms with E-state index < -0.39 is 0 Å². The smallest absolute Gasteiger partial charge is 0.123 e. The average molecular weight is 304 g/mol. The molecule has 1 heterocycles. The molecule has 1 aliphatic carbocycles. The van der Waals surface area contributed by atoms with E-state index in [4.69, 9.17) is 4.98 Å². The molecule has 1 aliphatic rings. The van der Waals surface area contributed by atoms with Crippen molar-refractivity contribution in [3.8, 4) is 0 Å². The predicted molar refractivity (Wildman–Crippen MR) is 85.4 cm³/mol. The van der Waals surface area contributed by atoms with Crippen molar-refractivity contribution in [2.75, 3.05) is 0 Å². The molecule has 1 fully saturated rings. The summed E-state index contributed by atoms with van der Waals surface area (Å²) in [6.45, 7) is 6.24. The van der Waals surface area contributed by atoms with Crippen LogP contribution in [0.4, 0.5) is 4.39 Å². The molecule has 0 amide bonds. The maximum atomic E-state index is 13.4. The topological polar surface area (TPSA) is 24.9 Å². The van der Waals surface area contributed by atoms with Gasteiger partial charge in [0.1, 0.15) is 10.8 Å². The van der Waals surface area contributed by atoms with Gasteiger partial charge in [-0.25, -0.2) is 9.37 Å². The molecule has 0 radical (unpaired) electrons. The molecular weight excluding hydrogens is 283 g/mol. The molecule has 1 atom stereocenters. The van der Waals surface area contributed by atoms with E-state index >= 15 is 0 Å². The zero-order valence-corrected chi connectivity index (χ0v) is 13.6. The van der Waals surface area contributed by atoms with Crippen molar-refractivity contribution in [3.05, 3.63) is 50.7 Å². The van der Waals surface area contributed by atoms with E-state index in [1.807, 2.05) is 13.0 Å². The summed E-state index contributed by atoms with van der Waals surface area (Å²) in [5.74, 6) is -0.175. The summed E-state index contributed by atoms with van der Waals surface area (Å²) < 4.78 is 13.4. The number of hydrogen-bond donors (Lipinski definition) is 1. The predicted octanol–water partition coefficient (Wildman–Crippen LogP) is 4.30. The number of hydrogen-bond acceptors (Lipinski definition) is 3. The number of benzene rings is 1. The summed E-state index contributed by atoms with van der Waals surface area (Å²) in [6, 6.07) is 5.71. The normalized spacial score (nSPS) is 16.2. The molecule has 2 nitrogen and oxygen atoms in total. The first-order valence-corrected chi connectivity index (χ1v) is 8.38. The Morgan fingerprint density at radius 2 is 2.14 bits per heavy atom. The highest BCUT2D eigenvalue weighted by Crippen LogP contribution is 2.33. The quantitative estimate of drug-likeness (QED) is 0.890. The zero-order valence-electron chi connectivity index (χ0n) is 12.7. The van der Waals surface area contributed by atoms with Gasteiger partial charge in [-0.1, -0.05) is 13.0 Å². The Morgan fingerprint density at radius 3 is 2.71 bits per heavy atom. The first-order valence-electron chi connectivity index (χ1n) is 7.56. The van der Waals surface area contributed by atoms with E-state index in [9.17, 15) is 4.39 Å². The lowest BCUT2D eigenvalue weighted by Crippen LogP contribution is -2.25. The van der Waals surface area contributed by atoms with E-state index in [0.717, 1.165) is 22.6 Å². The van der Waals surface area contributed by atoms with Gasteiger partial charge in [0.25, 0.3) is 0 Å². The van der Waals surface area contributed by atoms with Crippen LogP contribution in [0.1, 0.15) is 52.5 Å². The van der Waals surface area contributed by atoms with Gasteiger partial charge in [0, 0.05) is 10.9 Å². The van der Waals surface area contributed by atoms with Crippen LogP contribution in [0.15, 0.2) is 18.2 Å². The van der Waals surface area contributed by atoms with E-state index in [2.05, 4.69) is 19.2 Å². The van der Waals surface area contributed by atoms with Crippen LogP contribution in [0.25, 0.3) is 0 Å². The average Bonchev–Trinajstić information content (AvgIpc) is 3.18. The molecule has 0 spiro atoms. The van der Waals surface area contributed by atoms with Crippen molar-refractivity contribution in [1.82, 2.24) is 10.3 Å². The Hall–Kier alpha value is -1.26. The summed E-state index contributed by atoms with van der Waals surface area (Å²) in [5, 5.41) is 4.78. The SMILES string of the molecule is CCc1nc(C(NC2CC2)c2ccc(F)cc2C)sc1C. The van der Waals surface area contributed by atoms with Crippen molar-refractivity contribution in [3.63, 3.8) is 0 Å². The Kier molecular flexibility index (Phi) is 4.09. The zero-order chi connectivity index (χ0) is 15.0. The number of rotatable bonds is 5. The van der Waals surface area contributed by atoms with Gasteiger partial charge in [0.05, 0.1) is 11.7 Å². The summed E-state index contributed by atoms with van der Waals surface area (Å²) in [5.41, 5.74) is 3.30. The van der Waals surface area contributed by atoms with E-state index in [1.165, 1.54) is 23.4 Å². The second-order valence-electron chi connectivity index (χ2n) is 5.78. The van der Waals surface area contributed by atoms with Crippen LogP contribution in [0, 0.1) is 19.7 Å². The Balaban J connectivity index is 1.99. The fourth-order valence-electron chi connectivity index (χ4n) is 2.64. The molecule has 1 aromatic heterocycles. The summed E-state index contributed by atoms with van der Waals surface area (Å²) in [4.78, 5) is 6.10. The van der Waals surface area contributed by atoms with E-state index in [1.54, 1.807) is 23.5 Å². The Morgan fingerprint density at radius 1 is 1.38 bits per heavy atom. The van der Waals surface area contributed by atoms with Crippen LogP contribution in [-0.4, -0.2) is 11.0 Å². The monoisotopic (exact) mass is 304 g/mol. The maximum absolute atomic E-state index is 13.4.